The minimum absolute atomic E-state index is 0.120. The van der Waals surface area contributed by atoms with Gasteiger partial charge < -0.3 is 24.1 Å². The molecule has 8 heteroatoms. The van der Waals surface area contributed by atoms with Crippen LogP contribution >= 0.6 is 0 Å². The summed E-state index contributed by atoms with van der Waals surface area (Å²) in [5.74, 6) is -3.25. The highest BCUT2D eigenvalue weighted by molar-refractivity contribution is 5.92. The Hall–Kier alpha value is -2.45. The van der Waals surface area contributed by atoms with Gasteiger partial charge >= 0.3 is 17.9 Å². The topological polar surface area (TPSA) is 112 Å². The summed E-state index contributed by atoms with van der Waals surface area (Å²) in [6, 6.07) is 0. The molecule has 0 amide bonds. The van der Waals surface area contributed by atoms with Crippen LogP contribution in [0.3, 0.4) is 0 Å². The lowest BCUT2D eigenvalue weighted by atomic mass is 9.73. The van der Waals surface area contributed by atoms with Gasteiger partial charge in [0, 0.05) is 24.5 Å². The lowest BCUT2D eigenvalue weighted by Crippen LogP contribution is -2.59. The fourth-order valence-electron chi connectivity index (χ4n) is 5.33. The second-order valence-corrected chi connectivity index (χ2v) is 8.68. The number of carbonyl (C=O) groups excluding carboxylic acids is 3. The van der Waals surface area contributed by atoms with Crippen molar-refractivity contribution in [3.63, 3.8) is 0 Å². The average Bonchev–Trinajstić information content (AvgIpc) is 3.24. The number of epoxide rings is 1. The molecule has 0 aromatic rings. The third-order valence-electron chi connectivity index (χ3n) is 7.03. The van der Waals surface area contributed by atoms with E-state index in [-0.39, 0.29) is 12.0 Å². The van der Waals surface area contributed by atoms with Crippen LogP contribution in [0.1, 0.15) is 34.1 Å². The molecule has 1 N–H and O–H groups in total. The minimum atomic E-state index is -1.72. The molecule has 162 valence electrons. The minimum Gasteiger partial charge on any atom is -0.459 e. The van der Waals surface area contributed by atoms with Gasteiger partial charge in [-0.3, -0.25) is 4.79 Å². The summed E-state index contributed by atoms with van der Waals surface area (Å²) in [5, 5.41) is 12.0. The van der Waals surface area contributed by atoms with Crippen LogP contribution < -0.4 is 0 Å². The number of rotatable bonds is 3. The van der Waals surface area contributed by atoms with Crippen molar-refractivity contribution in [3.05, 3.63) is 36.0 Å². The van der Waals surface area contributed by atoms with Gasteiger partial charge in [-0.15, -0.1) is 0 Å². The average molecular weight is 418 g/mol. The van der Waals surface area contributed by atoms with E-state index in [1.165, 1.54) is 6.92 Å². The van der Waals surface area contributed by atoms with E-state index >= 15 is 0 Å². The van der Waals surface area contributed by atoms with E-state index in [9.17, 15) is 19.5 Å². The maximum Gasteiger partial charge on any atom is 0.334 e. The number of hydrogen-bond acceptors (Lipinski definition) is 8. The molecule has 2 saturated heterocycles. The van der Waals surface area contributed by atoms with Crippen molar-refractivity contribution in [2.24, 2.45) is 11.8 Å². The third kappa shape index (κ3) is 2.56. The van der Waals surface area contributed by atoms with Crippen LogP contribution in [-0.2, 0) is 33.3 Å². The number of aliphatic hydroxyl groups is 1. The van der Waals surface area contributed by atoms with Crippen LogP contribution in [0, 0.1) is 11.8 Å². The maximum atomic E-state index is 12.5. The zero-order valence-electron chi connectivity index (χ0n) is 17.5. The Balaban J connectivity index is 1.79. The molecule has 8 nitrogen and oxygen atoms in total. The molecule has 0 bridgehead atoms. The van der Waals surface area contributed by atoms with E-state index in [1.807, 2.05) is 0 Å². The summed E-state index contributed by atoms with van der Waals surface area (Å²) in [6.07, 6.45) is -1.46. The highest BCUT2D eigenvalue weighted by atomic mass is 16.7. The molecular weight excluding hydrogens is 392 g/mol. The van der Waals surface area contributed by atoms with Crippen molar-refractivity contribution >= 4 is 17.9 Å². The molecule has 30 heavy (non-hydrogen) atoms. The fourth-order valence-corrected chi connectivity index (χ4v) is 5.33. The van der Waals surface area contributed by atoms with E-state index in [0.717, 1.165) is 0 Å². The normalized spacial score (nSPS) is 44.4. The second kappa shape index (κ2) is 6.52. The third-order valence-corrected chi connectivity index (χ3v) is 7.03. The highest BCUT2D eigenvalue weighted by Crippen LogP contribution is 2.66. The van der Waals surface area contributed by atoms with Crippen LogP contribution in [0.25, 0.3) is 0 Å². The smallest absolute Gasteiger partial charge is 0.334 e. The lowest BCUT2D eigenvalue weighted by molar-refractivity contribution is -0.190. The molecule has 0 aromatic carbocycles. The van der Waals surface area contributed by atoms with Crippen molar-refractivity contribution in [1.29, 1.82) is 0 Å². The maximum absolute atomic E-state index is 12.5. The van der Waals surface area contributed by atoms with Crippen LogP contribution in [0.15, 0.2) is 36.0 Å². The SMILES string of the molecule is C=C1C(=O)OC2C1C(OC(=O)C(C)=CC)CC(=C)C1C(OC(C)=O)C3OC3(C)C21O. The van der Waals surface area contributed by atoms with E-state index in [0.29, 0.717) is 11.1 Å². The van der Waals surface area contributed by atoms with Crippen LogP contribution in [0.4, 0.5) is 0 Å². The van der Waals surface area contributed by atoms with Gasteiger partial charge in [-0.05, 0) is 20.8 Å². The molecule has 0 spiro atoms. The monoisotopic (exact) mass is 418 g/mol. The largest absolute Gasteiger partial charge is 0.459 e. The van der Waals surface area contributed by atoms with Crippen LogP contribution in [0.5, 0.6) is 0 Å². The molecular formula is C22H26O8. The Kier molecular flexibility index (Phi) is 4.52. The Morgan fingerprint density at radius 1 is 1.23 bits per heavy atom. The molecule has 0 radical (unpaired) electrons. The summed E-state index contributed by atoms with van der Waals surface area (Å²) in [6.45, 7) is 14.3. The lowest BCUT2D eigenvalue weighted by Gasteiger charge is -2.41. The summed E-state index contributed by atoms with van der Waals surface area (Å²) in [7, 11) is 0. The van der Waals surface area contributed by atoms with Crippen molar-refractivity contribution in [2.45, 2.75) is 69.7 Å². The number of allylic oxidation sites excluding steroid dienone is 1. The van der Waals surface area contributed by atoms with Crippen molar-refractivity contribution in [3.8, 4) is 0 Å². The van der Waals surface area contributed by atoms with Gasteiger partial charge in [-0.25, -0.2) is 9.59 Å². The predicted octanol–water partition coefficient (Wildman–Crippen LogP) is 1.37. The summed E-state index contributed by atoms with van der Waals surface area (Å²) >= 11 is 0. The van der Waals surface area contributed by atoms with E-state index in [1.54, 1.807) is 26.8 Å². The van der Waals surface area contributed by atoms with Gasteiger partial charge in [-0.2, -0.15) is 0 Å². The Labute approximate surface area is 174 Å². The van der Waals surface area contributed by atoms with Gasteiger partial charge in [-0.1, -0.05) is 24.8 Å². The number of ether oxygens (including phenoxy) is 4. The molecule has 4 aliphatic rings. The van der Waals surface area contributed by atoms with Crippen LogP contribution in [0.2, 0.25) is 0 Å². The summed E-state index contributed by atoms with van der Waals surface area (Å²) in [4.78, 5) is 36.6. The quantitative estimate of drug-likeness (QED) is 0.241. The summed E-state index contributed by atoms with van der Waals surface area (Å²) < 4.78 is 22.6. The molecule has 4 rings (SSSR count). The molecule has 2 aliphatic carbocycles. The van der Waals surface area contributed by atoms with Gasteiger partial charge in [0.05, 0.1) is 11.8 Å². The molecule has 2 heterocycles. The van der Waals surface area contributed by atoms with Crippen LogP contribution in [-0.4, -0.2) is 58.6 Å². The van der Waals surface area contributed by atoms with E-state index < -0.39 is 65.4 Å². The molecule has 2 aliphatic heterocycles. The molecule has 0 aromatic heterocycles. The Morgan fingerprint density at radius 3 is 2.50 bits per heavy atom. The van der Waals surface area contributed by atoms with Crippen molar-refractivity contribution in [1.82, 2.24) is 0 Å². The van der Waals surface area contributed by atoms with Crippen molar-refractivity contribution in [2.75, 3.05) is 0 Å². The molecule has 2 saturated carbocycles. The number of fused-ring (bicyclic) bond motifs is 5. The molecule has 4 fully saturated rings. The number of esters is 3. The Morgan fingerprint density at radius 2 is 1.90 bits per heavy atom. The molecule has 8 unspecified atom stereocenters. The first-order valence-electron chi connectivity index (χ1n) is 9.96. The first-order chi connectivity index (χ1) is 14.0. The van der Waals surface area contributed by atoms with Gasteiger partial charge in [0.1, 0.15) is 35.6 Å². The number of hydrogen-bond donors (Lipinski definition) is 1. The Bertz CT molecular complexity index is 903. The second-order valence-electron chi connectivity index (χ2n) is 8.68. The molecule has 8 atom stereocenters. The first kappa shape index (κ1) is 20.8. The van der Waals surface area contributed by atoms with Gasteiger partial charge in [0.15, 0.2) is 0 Å². The predicted molar refractivity (Wildman–Crippen MR) is 103 cm³/mol. The number of carbonyl (C=O) groups is 3. The zero-order valence-corrected chi connectivity index (χ0v) is 17.5. The first-order valence-corrected chi connectivity index (χ1v) is 9.96. The standard InChI is InChI=1S/C22H26O8/c1-7-9(2)19(24)28-13-8-10(3)15-16(27-12(5)23)18-21(6,30-18)22(15,26)17-14(13)11(4)20(25)29-17/h7,13-18,26H,3-4,8H2,1-2,5-6H3. The van der Waals surface area contributed by atoms with Gasteiger partial charge in [0.25, 0.3) is 0 Å². The van der Waals surface area contributed by atoms with E-state index in [2.05, 4.69) is 13.2 Å². The summed E-state index contributed by atoms with van der Waals surface area (Å²) in [5.41, 5.74) is -1.76. The van der Waals surface area contributed by atoms with Crippen molar-refractivity contribution < 1.29 is 38.4 Å². The van der Waals surface area contributed by atoms with Gasteiger partial charge in [0.2, 0.25) is 0 Å². The van der Waals surface area contributed by atoms with E-state index in [4.69, 9.17) is 18.9 Å². The fraction of sp³-hybridized carbons (Fsp3) is 0.591. The zero-order chi connectivity index (χ0) is 22.2. The highest BCUT2D eigenvalue weighted by Gasteiger charge is 2.84.